The van der Waals surface area contributed by atoms with Gasteiger partial charge in [-0.25, -0.2) is 0 Å². The first-order valence-corrected chi connectivity index (χ1v) is 5.73. The number of aliphatic hydroxyl groups excluding tert-OH is 1. The van der Waals surface area contributed by atoms with Gasteiger partial charge in [0.2, 0.25) is 0 Å². The molecular formula is C12H19NO3. The normalized spacial score (nSPS) is 25.9. The molecule has 1 aromatic rings. The molecule has 1 fully saturated rings. The zero-order valence-electron chi connectivity index (χ0n) is 9.66. The summed E-state index contributed by atoms with van der Waals surface area (Å²) < 4.78 is 10.9. The average Bonchev–Trinajstić information content (AvgIpc) is 2.75. The van der Waals surface area contributed by atoms with Crippen molar-refractivity contribution < 1.29 is 14.3 Å². The molecule has 0 aromatic carbocycles. The highest BCUT2D eigenvalue weighted by Crippen LogP contribution is 2.19. The van der Waals surface area contributed by atoms with Crippen molar-refractivity contribution in [3.63, 3.8) is 0 Å². The third-order valence-corrected chi connectivity index (χ3v) is 3.00. The Morgan fingerprint density at radius 2 is 2.25 bits per heavy atom. The Hall–Kier alpha value is -0.840. The van der Waals surface area contributed by atoms with E-state index in [9.17, 15) is 0 Å². The largest absolute Gasteiger partial charge is 0.462 e. The highest BCUT2D eigenvalue weighted by Gasteiger charge is 2.26. The minimum atomic E-state index is -0.0413. The van der Waals surface area contributed by atoms with Gasteiger partial charge >= 0.3 is 0 Å². The molecule has 1 aliphatic rings. The predicted octanol–water partition coefficient (Wildman–Crippen LogP) is 1.43. The van der Waals surface area contributed by atoms with Crippen LogP contribution >= 0.6 is 0 Å². The summed E-state index contributed by atoms with van der Waals surface area (Å²) in [7, 11) is 0. The average molecular weight is 225 g/mol. The van der Waals surface area contributed by atoms with Crippen LogP contribution in [-0.2, 0) is 17.9 Å². The van der Waals surface area contributed by atoms with Crippen molar-refractivity contribution in [3.8, 4) is 0 Å². The van der Waals surface area contributed by atoms with Crippen LogP contribution in [0.2, 0.25) is 0 Å². The fraction of sp³-hybridized carbons (Fsp3) is 0.667. The summed E-state index contributed by atoms with van der Waals surface area (Å²) in [6.07, 6.45) is 2.23. The van der Waals surface area contributed by atoms with E-state index in [0.29, 0.717) is 12.3 Å². The van der Waals surface area contributed by atoms with Gasteiger partial charge in [0.1, 0.15) is 18.1 Å². The van der Waals surface area contributed by atoms with Crippen molar-refractivity contribution in [2.75, 3.05) is 13.2 Å². The summed E-state index contributed by atoms with van der Waals surface area (Å²) in [5.74, 6) is 1.47. The van der Waals surface area contributed by atoms with Gasteiger partial charge < -0.3 is 19.6 Å². The Morgan fingerprint density at radius 1 is 1.44 bits per heavy atom. The molecule has 1 atom stereocenters. The summed E-state index contributed by atoms with van der Waals surface area (Å²) in [6.45, 7) is 4.43. The fourth-order valence-corrected chi connectivity index (χ4v) is 1.98. The molecule has 0 saturated carbocycles. The smallest absolute Gasteiger partial charge is 0.129 e. The van der Waals surface area contributed by atoms with E-state index in [0.717, 1.165) is 31.8 Å². The van der Waals surface area contributed by atoms with Crippen LogP contribution < -0.4 is 5.32 Å². The number of ether oxygens (including phenoxy) is 1. The quantitative estimate of drug-likeness (QED) is 0.814. The topological polar surface area (TPSA) is 54.6 Å². The molecule has 16 heavy (non-hydrogen) atoms. The molecule has 0 aliphatic carbocycles. The number of furan rings is 1. The third kappa shape index (κ3) is 2.84. The molecule has 4 nitrogen and oxygen atoms in total. The van der Waals surface area contributed by atoms with Crippen LogP contribution in [0.25, 0.3) is 0 Å². The van der Waals surface area contributed by atoms with E-state index in [4.69, 9.17) is 14.3 Å². The summed E-state index contributed by atoms with van der Waals surface area (Å²) in [5.41, 5.74) is 0.0460. The van der Waals surface area contributed by atoms with Crippen molar-refractivity contribution in [2.45, 2.75) is 38.5 Å². The second-order valence-corrected chi connectivity index (χ2v) is 4.60. The van der Waals surface area contributed by atoms with Crippen LogP contribution in [0, 0.1) is 0 Å². The lowest BCUT2D eigenvalue weighted by Crippen LogP contribution is -2.48. The first-order chi connectivity index (χ1) is 7.72. The maximum Gasteiger partial charge on any atom is 0.129 e. The molecule has 0 radical (unpaired) electrons. The van der Waals surface area contributed by atoms with Gasteiger partial charge in [-0.2, -0.15) is 0 Å². The van der Waals surface area contributed by atoms with E-state index < -0.39 is 0 Å². The molecular weight excluding hydrogens is 206 g/mol. The van der Waals surface area contributed by atoms with Gasteiger partial charge in [0.05, 0.1) is 13.2 Å². The first-order valence-electron chi connectivity index (χ1n) is 5.73. The Balaban J connectivity index is 1.86. The second-order valence-electron chi connectivity index (χ2n) is 4.60. The van der Waals surface area contributed by atoms with Crippen molar-refractivity contribution in [2.24, 2.45) is 0 Å². The number of rotatable bonds is 4. The molecule has 1 aromatic heterocycles. The SMILES string of the molecule is CC1(NCc2ccc(CO)o2)CCCOC1. The van der Waals surface area contributed by atoms with E-state index in [-0.39, 0.29) is 12.1 Å². The van der Waals surface area contributed by atoms with Crippen LogP contribution in [0.15, 0.2) is 16.5 Å². The minimum absolute atomic E-state index is 0.0413. The minimum Gasteiger partial charge on any atom is -0.462 e. The van der Waals surface area contributed by atoms with Crippen LogP contribution in [-0.4, -0.2) is 23.9 Å². The second kappa shape index (κ2) is 4.99. The van der Waals surface area contributed by atoms with Gasteiger partial charge in [-0.3, -0.25) is 0 Å². The maximum atomic E-state index is 8.88. The molecule has 0 spiro atoms. The molecule has 1 unspecified atom stereocenters. The van der Waals surface area contributed by atoms with E-state index >= 15 is 0 Å². The fourth-order valence-electron chi connectivity index (χ4n) is 1.98. The maximum absolute atomic E-state index is 8.88. The van der Waals surface area contributed by atoms with E-state index in [2.05, 4.69) is 12.2 Å². The van der Waals surface area contributed by atoms with Crippen LogP contribution in [0.4, 0.5) is 0 Å². The molecule has 0 bridgehead atoms. The van der Waals surface area contributed by atoms with Crippen molar-refractivity contribution in [3.05, 3.63) is 23.7 Å². The predicted molar refractivity (Wildman–Crippen MR) is 59.9 cm³/mol. The molecule has 1 aliphatic heterocycles. The number of hydrogen-bond donors (Lipinski definition) is 2. The molecule has 2 N–H and O–H groups in total. The van der Waals surface area contributed by atoms with Gasteiger partial charge in [0, 0.05) is 12.1 Å². The van der Waals surface area contributed by atoms with E-state index in [1.54, 1.807) is 6.07 Å². The van der Waals surface area contributed by atoms with Gasteiger partial charge in [0.25, 0.3) is 0 Å². The van der Waals surface area contributed by atoms with Gasteiger partial charge in [-0.1, -0.05) is 0 Å². The van der Waals surface area contributed by atoms with Crippen LogP contribution in [0.5, 0.6) is 0 Å². The number of nitrogens with one attached hydrogen (secondary N) is 1. The number of hydrogen-bond acceptors (Lipinski definition) is 4. The number of aliphatic hydroxyl groups is 1. The summed E-state index contributed by atoms with van der Waals surface area (Å²) >= 11 is 0. The van der Waals surface area contributed by atoms with Crippen molar-refractivity contribution >= 4 is 0 Å². The Kier molecular flexibility index (Phi) is 3.63. The molecule has 2 heterocycles. The lowest BCUT2D eigenvalue weighted by atomic mass is 9.95. The standard InChI is InChI=1S/C12H19NO3/c1-12(5-2-6-15-9-12)13-7-10-3-4-11(8-14)16-10/h3-4,13-14H,2,5-9H2,1H3. The van der Waals surface area contributed by atoms with Gasteiger partial charge in [-0.15, -0.1) is 0 Å². The van der Waals surface area contributed by atoms with Crippen molar-refractivity contribution in [1.82, 2.24) is 5.32 Å². The summed E-state index contributed by atoms with van der Waals surface area (Å²) in [4.78, 5) is 0. The lowest BCUT2D eigenvalue weighted by molar-refractivity contribution is 0.0269. The Morgan fingerprint density at radius 3 is 2.88 bits per heavy atom. The molecule has 90 valence electrons. The van der Waals surface area contributed by atoms with E-state index in [1.165, 1.54) is 0 Å². The molecule has 1 saturated heterocycles. The highest BCUT2D eigenvalue weighted by atomic mass is 16.5. The van der Waals surface area contributed by atoms with Crippen LogP contribution in [0.1, 0.15) is 31.3 Å². The molecule has 4 heteroatoms. The summed E-state index contributed by atoms with van der Waals surface area (Å²) in [5, 5.41) is 12.3. The van der Waals surface area contributed by atoms with E-state index in [1.807, 2.05) is 6.07 Å². The zero-order valence-corrected chi connectivity index (χ0v) is 9.66. The zero-order chi connectivity index (χ0) is 11.4. The highest BCUT2D eigenvalue weighted by molar-refractivity contribution is 5.06. The monoisotopic (exact) mass is 225 g/mol. The molecule has 0 amide bonds. The van der Waals surface area contributed by atoms with Gasteiger partial charge in [-0.05, 0) is 31.9 Å². The first kappa shape index (κ1) is 11.6. The van der Waals surface area contributed by atoms with Crippen LogP contribution in [0.3, 0.4) is 0 Å². The Bertz CT molecular complexity index is 329. The van der Waals surface area contributed by atoms with Gasteiger partial charge in [0.15, 0.2) is 0 Å². The summed E-state index contributed by atoms with van der Waals surface area (Å²) in [6, 6.07) is 3.70. The lowest BCUT2D eigenvalue weighted by Gasteiger charge is -2.34. The van der Waals surface area contributed by atoms with Crippen molar-refractivity contribution in [1.29, 1.82) is 0 Å². The Labute approximate surface area is 95.6 Å². The third-order valence-electron chi connectivity index (χ3n) is 3.00. The molecule has 2 rings (SSSR count).